The van der Waals surface area contributed by atoms with E-state index in [0.29, 0.717) is 31.7 Å². The Balaban J connectivity index is 1.40. The molecule has 246 valence electrons. The number of alkyl halides is 5. The number of nitrogens with zero attached hydrogens (tertiary/aromatic N) is 4. The average molecular weight is 643 g/mol. The zero-order chi connectivity index (χ0) is 32.4. The number of amides is 2. The van der Waals surface area contributed by atoms with E-state index < -0.39 is 54.8 Å². The zero-order valence-corrected chi connectivity index (χ0v) is 24.6. The van der Waals surface area contributed by atoms with Crippen LogP contribution in [-0.4, -0.2) is 75.4 Å². The van der Waals surface area contributed by atoms with Crippen molar-refractivity contribution in [1.29, 1.82) is 5.41 Å². The Labute approximate surface area is 254 Å². The first-order chi connectivity index (χ1) is 21.3. The second-order valence-electron chi connectivity index (χ2n) is 12.0. The van der Waals surface area contributed by atoms with Crippen LogP contribution >= 0.6 is 0 Å². The van der Waals surface area contributed by atoms with E-state index in [1.807, 2.05) is 0 Å². The number of aryl methyl sites for hydroxylation is 1. The Hall–Kier alpha value is -3.76. The van der Waals surface area contributed by atoms with Gasteiger partial charge in [-0.15, -0.1) is 0 Å². The van der Waals surface area contributed by atoms with Crippen molar-refractivity contribution in [3.8, 4) is 0 Å². The molecule has 2 amide bonds. The van der Waals surface area contributed by atoms with E-state index in [9.17, 15) is 31.5 Å². The van der Waals surface area contributed by atoms with E-state index >= 15 is 0 Å². The Morgan fingerprint density at radius 2 is 1.91 bits per heavy atom. The van der Waals surface area contributed by atoms with Crippen LogP contribution < -0.4 is 10.6 Å². The van der Waals surface area contributed by atoms with Crippen LogP contribution in [0.5, 0.6) is 0 Å². The molecule has 0 aromatic carbocycles. The van der Waals surface area contributed by atoms with E-state index in [4.69, 9.17) is 10.1 Å². The van der Waals surface area contributed by atoms with Crippen molar-refractivity contribution in [2.24, 2.45) is 28.7 Å². The fourth-order valence-corrected chi connectivity index (χ4v) is 6.20. The maximum Gasteiger partial charge on any atom is 0.393 e. The lowest BCUT2D eigenvalue weighted by Gasteiger charge is -2.33. The molecular weight excluding hydrogens is 607 g/mol. The molecule has 4 heterocycles. The van der Waals surface area contributed by atoms with Crippen molar-refractivity contribution < 1.29 is 40.9 Å². The molecule has 2 aromatic heterocycles. The second kappa shape index (κ2) is 13.3. The van der Waals surface area contributed by atoms with E-state index in [-0.39, 0.29) is 72.7 Å². The standard InChI is InChI=1S/C28H35F5N8O4/c1-14-21(41-45-40-14)25(43)38-23(15-2-6-27(29,30)7-3-15)20-13-36-26(37-20)39-22(16-4-8-44-9-5-16)19(34)11-17-10-18(28(31,32)33)12-35-24(17)42/h13,15-18,23,34H,2-12H2,1H3,(H,35,42)(H,36,37)(H,38,43)/b34-19?,39-22-/t17-,18-,23+/m1/s1. The van der Waals surface area contributed by atoms with Crippen molar-refractivity contribution in [3.05, 3.63) is 23.3 Å². The largest absolute Gasteiger partial charge is 0.393 e. The number of H-pyrrole nitrogens is 1. The van der Waals surface area contributed by atoms with Gasteiger partial charge in [0, 0.05) is 50.9 Å². The summed E-state index contributed by atoms with van der Waals surface area (Å²) in [5.74, 6) is -7.26. The van der Waals surface area contributed by atoms with Gasteiger partial charge in [0.2, 0.25) is 17.8 Å². The monoisotopic (exact) mass is 642 g/mol. The molecule has 3 atom stereocenters. The maximum absolute atomic E-state index is 14.0. The number of ether oxygens (including phenoxy) is 1. The van der Waals surface area contributed by atoms with E-state index in [1.54, 1.807) is 0 Å². The summed E-state index contributed by atoms with van der Waals surface area (Å²) < 4.78 is 78.3. The molecule has 12 nitrogen and oxygen atoms in total. The Morgan fingerprint density at radius 1 is 1.20 bits per heavy atom. The van der Waals surface area contributed by atoms with Crippen LogP contribution in [0.1, 0.15) is 79.3 Å². The average Bonchev–Trinajstić information content (AvgIpc) is 3.64. The van der Waals surface area contributed by atoms with Gasteiger partial charge in [-0.3, -0.25) is 9.59 Å². The molecule has 5 rings (SSSR count). The summed E-state index contributed by atoms with van der Waals surface area (Å²) in [5, 5.41) is 21.2. The summed E-state index contributed by atoms with van der Waals surface area (Å²) >= 11 is 0. The van der Waals surface area contributed by atoms with Crippen LogP contribution in [0, 0.1) is 36.0 Å². The summed E-state index contributed by atoms with van der Waals surface area (Å²) in [4.78, 5) is 37.5. The predicted molar refractivity (Wildman–Crippen MR) is 148 cm³/mol. The van der Waals surface area contributed by atoms with Crippen LogP contribution in [0.2, 0.25) is 0 Å². The molecule has 17 heteroatoms. The first kappa shape index (κ1) is 32.6. The minimum atomic E-state index is -4.47. The molecule has 0 spiro atoms. The number of piperidine rings is 1. The summed E-state index contributed by atoms with van der Waals surface area (Å²) in [6, 6.07) is -0.766. The Kier molecular flexibility index (Phi) is 9.65. The number of rotatable bonds is 9. The van der Waals surface area contributed by atoms with Crippen LogP contribution in [0.15, 0.2) is 15.8 Å². The number of carbonyl (C=O) groups is 2. The van der Waals surface area contributed by atoms with Gasteiger partial charge in [-0.2, -0.15) is 13.2 Å². The van der Waals surface area contributed by atoms with Gasteiger partial charge in [0.1, 0.15) is 5.69 Å². The first-order valence-electron chi connectivity index (χ1n) is 14.9. The first-order valence-corrected chi connectivity index (χ1v) is 14.9. The molecule has 3 fully saturated rings. The fourth-order valence-electron chi connectivity index (χ4n) is 6.20. The highest BCUT2D eigenvalue weighted by atomic mass is 19.4. The van der Waals surface area contributed by atoms with Crippen molar-refractivity contribution >= 4 is 29.2 Å². The third kappa shape index (κ3) is 7.91. The minimum Gasteiger partial charge on any atom is -0.381 e. The lowest BCUT2D eigenvalue weighted by Crippen LogP contribution is -2.47. The molecule has 1 aliphatic carbocycles. The van der Waals surface area contributed by atoms with Crippen LogP contribution in [0.3, 0.4) is 0 Å². The molecule has 0 radical (unpaired) electrons. The molecule has 4 N–H and O–H groups in total. The lowest BCUT2D eigenvalue weighted by molar-refractivity contribution is -0.183. The van der Waals surface area contributed by atoms with Gasteiger partial charge in [0.05, 0.1) is 35.3 Å². The van der Waals surface area contributed by atoms with Crippen molar-refractivity contribution in [2.75, 3.05) is 19.8 Å². The van der Waals surface area contributed by atoms with E-state index in [2.05, 4.69) is 40.5 Å². The number of aromatic amines is 1. The predicted octanol–water partition coefficient (Wildman–Crippen LogP) is 4.62. The number of imidazole rings is 1. The third-order valence-corrected chi connectivity index (χ3v) is 8.82. The van der Waals surface area contributed by atoms with E-state index in [1.165, 1.54) is 13.1 Å². The molecule has 2 saturated heterocycles. The number of aliphatic imine (C=N–C) groups is 1. The minimum absolute atomic E-state index is 0.0475. The fraction of sp³-hybridized carbons (Fsp3) is 0.679. The molecule has 45 heavy (non-hydrogen) atoms. The number of aromatic nitrogens is 4. The normalized spacial score (nSPS) is 24.2. The molecule has 1 saturated carbocycles. The van der Waals surface area contributed by atoms with Gasteiger partial charge in [-0.1, -0.05) is 5.16 Å². The van der Waals surface area contributed by atoms with Crippen molar-refractivity contribution in [2.45, 2.75) is 76.4 Å². The molecule has 0 unspecified atom stereocenters. The highest BCUT2D eigenvalue weighted by Crippen LogP contribution is 2.41. The van der Waals surface area contributed by atoms with Crippen LogP contribution in [0.4, 0.5) is 27.9 Å². The lowest BCUT2D eigenvalue weighted by atomic mass is 9.81. The number of hydrogen-bond donors (Lipinski definition) is 4. The summed E-state index contributed by atoms with van der Waals surface area (Å²) in [5.41, 5.74) is 0.807. The molecule has 0 bridgehead atoms. The van der Waals surface area contributed by atoms with Crippen molar-refractivity contribution in [1.82, 2.24) is 30.9 Å². The summed E-state index contributed by atoms with van der Waals surface area (Å²) in [6.45, 7) is 1.84. The third-order valence-electron chi connectivity index (χ3n) is 8.82. The van der Waals surface area contributed by atoms with Gasteiger partial charge in [0.15, 0.2) is 5.69 Å². The highest BCUT2D eigenvalue weighted by molar-refractivity contribution is 6.42. The number of halogens is 5. The number of hydrogen-bond acceptors (Lipinski definition) is 9. The Morgan fingerprint density at radius 3 is 2.56 bits per heavy atom. The second-order valence-corrected chi connectivity index (χ2v) is 12.0. The van der Waals surface area contributed by atoms with Gasteiger partial charge in [-0.05, 0) is 50.1 Å². The topological polar surface area (TPSA) is 171 Å². The Bertz CT molecular complexity index is 1410. The molecular formula is C28H35F5N8O4. The molecule has 2 aliphatic heterocycles. The van der Waals surface area contributed by atoms with Gasteiger partial charge < -0.3 is 25.8 Å². The quantitative estimate of drug-likeness (QED) is 0.228. The summed E-state index contributed by atoms with van der Waals surface area (Å²) in [6.07, 6.45) is -3.11. The molecule has 2 aromatic rings. The summed E-state index contributed by atoms with van der Waals surface area (Å²) in [7, 11) is 0. The van der Waals surface area contributed by atoms with Gasteiger partial charge in [-0.25, -0.2) is 23.4 Å². The number of nitrogens with one attached hydrogen (secondary N) is 4. The van der Waals surface area contributed by atoms with Crippen LogP contribution in [-0.2, 0) is 9.53 Å². The van der Waals surface area contributed by atoms with Gasteiger partial charge in [0.25, 0.3) is 5.91 Å². The maximum atomic E-state index is 14.0. The number of carbonyl (C=O) groups excluding carboxylic acids is 2. The smallest absolute Gasteiger partial charge is 0.381 e. The van der Waals surface area contributed by atoms with Crippen LogP contribution in [0.25, 0.3) is 0 Å². The van der Waals surface area contributed by atoms with Gasteiger partial charge >= 0.3 is 6.18 Å². The SMILES string of the molecule is Cc1nonc1C(=O)N[C@H](c1cnc(/N=C(\C(=N)C[C@H]2C[C@@H](C(F)(F)F)CNC2=O)C2CCOCC2)[nH]1)C1CCC(F)(F)CC1. The van der Waals surface area contributed by atoms with E-state index in [0.717, 1.165) is 0 Å². The zero-order valence-electron chi connectivity index (χ0n) is 24.6. The highest BCUT2D eigenvalue weighted by Gasteiger charge is 2.45. The van der Waals surface area contributed by atoms with Crippen molar-refractivity contribution in [3.63, 3.8) is 0 Å². The molecule has 3 aliphatic rings.